The lowest BCUT2D eigenvalue weighted by atomic mass is 10.1. The summed E-state index contributed by atoms with van der Waals surface area (Å²) in [6.07, 6.45) is 0. The molecule has 116 valence electrons. The van der Waals surface area contributed by atoms with Gasteiger partial charge in [0.1, 0.15) is 0 Å². The summed E-state index contributed by atoms with van der Waals surface area (Å²) in [6.45, 7) is 0.526. The zero-order valence-corrected chi connectivity index (χ0v) is 13.6. The summed E-state index contributed by atoms with van der Waals surface area (Å²) in [4.78, 5) is 13.3. The quantitative estimate of drug-likeness (QED) is 0.731. The summed E-state index contributed by atoms with van der Waals surface area (Å²) in [7, 11) is 1.66. The molecular formula is C19H17NO2S. The van der Waals surface area contributed by atoms with Crippen LogP contribution in [0.25, 0.3) is 11.1 Å². The van der Waals surface area contributed by atoms with Crippen LogP contribution in [-0.4, -0.2) is 13.0 Å². The lowest BCUT2D eigenvalue weighted by Gasteiger charge is -2.08. The highest BCUT2D eigenvalue weighted by atomic mass is 32.1. The first-order chi connectivity index (χ1) is 11.3. The third-order valence-electron chi connectivity index (χ3n) is 3.45. The van der Waals surface area contributed by atoms with E-state index in [2.05, 4.69) is 5.32 Å². The highest BCUT2D eigenvalue weighted by Gasteiger charge is 2.14. The molecule has 1 aromatic heterocycles. The first kappa shape index (κ1) is 15.5. The maximum atomic E-state index is 12.6. The van der Waals surface area contributed by atoms with E-state index in [9.17, 15) is 4.79 Å². The molecule has 0 aliphatic carbocycles. The van der Waals surface area contributed by atoms with Crippen molar-refractivity contribution < 1.29 is 9.53 Å². The molecule has 0 atom stereocenters. The Balaban J connectivity index is 1.82. The van der Waals surface area contributed by atoms with E-state index in [-0.39, 0.29) is 5.91 Å². The van der Waals surface area contributed by atoms with E-state index in [0.29, 0.717) is 11.5 Å². The van der Waals surface area contributed by atoms with Gasteiger partial charge in [0.05, 0.1) is 11.5 Å². The van der Waals surface area contributed by atoms with Crippen LogP contribution in [0.1, 0.15) is 15.2 Å². The number of ether oxygens (including phenoxy) is 1. The predicted molar refractivity (Wildman–Crippen MR) is 94.9 cm³/mol. The van der Waals surface area contributed by atoms with Crippen molar-refractivity contribution in [3.05, 3.63) is 76.5 Å². The maximum absolute atomic E-state index is 12.6. The highest BCUT2D eigenvalue weighted by molar-refractivity contribution is 7.12. The molecule has 0 spiro atoms. The molecule has 0 saturated heterocycles. The first-order valence-corrected chi connectivity index (χ1v) is 8.18. The minimum atomic E-state index is -0.0894. The average Bonchev–Trinajstić information content (AvgIpc) is 3.06. The molecule has 3 rings (SSSR count). The van der Waals surface area contributed by atoms with Gasteiger partial charge in [0.15, 0.2) is 0 Å². The number of hydrogen-bond donors (Lipinski definition) is 1. The first-order valence-electron chi connectivity index (χ1n) is 7.30. The van der Waals surface area contributed by atoms with Crippen LogP contribution in [0.4, 0.5) is 5.69 Å². The van der Waals surface area contributed by atoms with Crippen molar-refractivity contribution in [2.75, 3.05) is 12.4 Å². The molecule has 0 bridgehead atoms. The minimum absolute atomic E-state index is 0.0894. The van der Waals surface area contributed by atoms with Gasteiger partial charge in [-0.1, -0.05) is 42.5 Å². The zero-order valence-electron chi connectivity index (χ0n) is 12.8. The Kier molecular flexibility index (Phi) is 4.86. The van der Waals surface area contributed by atoms with Crippen LogP contribution >= 0.6 is 11.3 Å². The van der Waals surface area contributed by atoms with Gasteiger partial charge in [-0.2, -0.15) is 0 Å². The second-order valence-corrected chi connectivity index (χ2v) is 6.03. The largest absolute Gasteiger partial charge is 0.380 e. The third kappa shape index (κ3) is 3.67. The molecule has 0 radical (unpaired) electrons. The standard InChI is InChI=1S/C19H17NO2S/c1-22-13-14-6-5-9-16(12-14)20-19(21)18-17(10-11-23-18)15-7-3-2-4-8-15/h2-12H,13H2,1H3,(H,20,21). The lowest BCUT2D eigenvalue weighted by Crippen LogP contribution is -2.11. The van der Waals surface area contributed by atoms with Gasteiger partial charge < -0.3 is 10.1 Å². The fourth-order valence-electron chi connectivity index (χ4n) is 2.42. The Bertz CT molecular complexity index is 796. The fraction of sp³-hybridized carbons (Fsp3) is 0.105. The van der Waals surface area contributed by atoms with Crippen molar-refractivity contribution in [3.8, 4) is 11.1 Å². The van der Waals surface area contributed by atoms with Crippen molar-refractivity contribution in [2.24, 2.45) is 0 Å². The number of hydrogen-bond acceptors (Lipinski definition) is 3. The number of carbonyl (C=O) groups is 1. The highest BCUT2D eigenvalue weighted by Crippen LogP contribution is 2.29. The van der Waals surface area contributed by atoms with E-state index >= 15 is 0 Å². The summed E-state index contributed by atoms with van der Waals surface area (Å²) in [6, 6.07) is 19.6. The molecule has 3 nitrogen and oxygen atoms in total. The van der Waals surface area contributed by atoms with E-state index in [0.717, 1.165) is 22.4 Å². The Labute approximate surface area is 139 Å². The van der Waals surface area contributed by atoms with Gasteiger partial charge >= 0.3 is 0 Å². The number of amides is 1. The van der Waals surface area contributed by atoms with Crippen LogP contribution in [-0.2, 0) is 11.3 Å². The molecule has 0 fully saturated rings. The van der Waals surface area contributed by atoms with Crippen molar-refractivity contribution in [1.29, 1.82) is 0 Å². The number of nitrogens with one attached hydrogen (secondary N) is 1. The monoisotopic (exact) mass is 323 g/mol. The van der Waals surface area contributed by atoms with Crippen LogP contribution in [0.15, 0.2) is 66.0 Å². The van der Waals surface area contributed by atoms with Crippen LogP contribution in [0, 0.1) is 0 Å². The zero-order chi connectivity index (χ0) is 16.1. The van der Waals surface area contributed by atoms with Gasteiger partial charge in [-0.25, -0.2) is 0 Å². The summed E-state index contributed by atoms with van der Waals surface area (Å²) >= 11 is 1.45. The summed E-state index contributed by atoms with van der Waals surface area (Å²) in [5, 5.41) is 4.91. The summed E-state index contributed by atoms with van der Waals surface area (Å²) in [5.74, 6) is -0.0894. The molecule has 23 heavy (non-hydrogen) atoms. The molecule has 1 amide bonds. The third-order valence-corrected chi connectivity index (χ3v) is 4.37. The SMILES string of the molecule is COCc1cccc(NC(=O)c2sccc2-c2ccccc2)c1. The van der Waals surface area contributed by atoms with E-state index < -0.39 is 0 Å². The second kappa shape index (κ2) is 7.22. The maximum Gasteiger partial charge on any atom is 0.266 e. The summed E-state index contributed by atoms with van der Waals surface area (Å²) in [5.41, 5.74) is 3.81. The molecule has 3 aromatic rings. The van der Waals surface area contributed by atoms with E-state index in [1.165, 1.54) is 11.3 Å². The van der Waals surface area contributed by atoms with Gasteiger partial charge in [-0.05, 0) is 34.7 Å². The second-order valence-electron chi connectivity index (χ2n) is 5.12. The van der Waals surface area contributed by atoms with Crippen LogP contribution in [0.2, 0.25) is 0 Å². The molecule has 1 N–H and O–H groups in total. The Morgan fingerprint density at radius 3 is 2.70 bits per heavy atom. The minimum Gasteiger partial charge on any atom is -0.380 e. The van der Waals surface area contributed by atoms with E-state index in [4.69, 9.17) is 4.74 Å². The Hall–Kier alpha value is -2.43. The Morgan fingerprint density at radius 1 is 1.09 bits per heavy atom. The normalized spacial score (nSPS) is 10.5. The molecule has 0 saturated carbocycles. The van der Waals surface area contributed by atoms with Crippen LogP contribution in [0.5, 0.6) is 0 Å². The number of rotatable bonds is 5. The van der Waals surface area contributed by atoms with Crippen molar-refractivity contribution >= 4 is 22.9 Å². The predicted octanol–water partition coefficient (Wildman–Crippen LogP) is 4.81. The number of thiophene rings is 1. The van der Waals surface area contributed by atoms with Crippen LogP contribution < -0.4 is 5.32 Å². The van der Waals surface area contributed by atoms with E-state index in [1.807, 2.05) is 66.0 Å². The molecule has 2 aromatic carbocycles. The number of methoxy groups -OCH3 is 1. The van der Waals surface area contributed by atoms with E-state index in [1.54, 1.807) is 7.11 Å². The average molecular weight is 323 g/mol. The molecular weight excluding hydrogens is 306 g/mol. The topological polar surface area (TPSA) is 38.3 Å². The Morgan fingerprint density at radius 2 is 1.91 bits per heavy atom. The molecule has 1 heterocycles. The van der Waals surface area contributed by atoms with Gasteiger partial charge in [-0.15, -0.1) is 11.3 Å². The van der Waals surface area contributed by atoms with Crippen molar-refractivity contribution in [3.63, 3.8) is 0 Å². The van der Waals surface area contributed by atoms with Gasteiger partial charge in [0.25, 0.3) is 5.91 Å². The molecule has 4 heteroatoms. The van der Waals surface area contributed by atoms with Crippen molar-refractivity contribution in [2.45, 2.75) is 6.61 Å². The van der Waals surface area contributed by atoms with Crippen LogP contribution in [0.3, 0.4) is 0 Å². The molecule has 0 unspecified atom stereocenters. The fourth-order valence-corrected chi connectivity index (χ4v) is 3.23. The number of carbonyl (C=O) groups excluding carboxylic acids is 1. The van der Waals surface area contributed by atoms with Gasteiger partial charge in [0, 0.05) is 18.4 Å². The molecule has 0 aliphatic rings. The van der Waals surface area contributed by atoms with Crippen molar-refractivity contribution in [1.82, 2.24) is 0 Å². The lowest BCUT2D eigenvalue weighted by molar-refractivity contribution is 0.103. The number of anilines is 1. The van der Waals surface area contributed by atoms with Gasteiger partial charge in [0.2, 0.25) is 0 Å². The summed E-state index contributed by atoms with van der Waals surface area (Å²) < 4.78 is 5.13. The van der Waals surface area contributed by atoms with Gasteiger partial charge in [-0.3, -0.25) is 4.79 Å². The smallest absolute Gasteiger partial charge is 0.266 e. The number of benzene rings is 2. The molecule has 0 aliphatic heterocycles.